The Kier molecular flexibility index (Phi) is 4.57. The Morgan fingerprint density at radius 3 is 2.71 bits per heavy atom. The number of fused-ring (bicyclic) bond motifs is 5. The zero-order valence-electron chi connectivity index (χ0n) is 15.7. The molecule has 0 bridgehead atoms. The lowest BCUT2D eigenvalue weighted by Gasteiger charge is -2.59. The van der Waals surface area contributed by atoms with Gasteiger partial charge in [-0.15, -0.1) is 11.8 Å². The van der Waals surface area contributed by atoms with Crippen molar-refractivity contribution in [2.45, 2.75) is 76.9 Å². The number of carbonyl (C=O) groups is 1. The van der Waals surface area contributed by atoms with E-state index in [2.05, 4.69) is 19.6 Å². The molecule has 0 saturated heterocycles. The van der Waals surface area contributed by atoms with Crippen LogP contribution < -0.4 is 5.73 Å². The highest BCUT2D eigenvalue weighted by atomic mass is 32.2. The van der Waals surface area contributed by atoms with Crippen LogP contribution in [0.15, 0.2) is 0 Å². The minimum atomic E-state index is -0.00212. The van der Waals surface area contributed by atoms with E-state index in [1.165, 1.54) is 57.8 Å². The largest absolute Gasteiger partial charge is 0.357 e. The molecule has 4 fully saturated rings. The Morgan fingerprint density at radius 2 is 1.92 bits per heavy atom. The molecule has 4 aliphatic rings. The summed E-state index contributed by atoms with van der Waals surface area (Å²) in [6.45, 7) is 5.90. The van der Waals surface area contributed by atoms with E-state index in [1.807, 2.05) is 11.8 Å². The van der Waals surface area contributed by atoms with Crippen molar-refractivity contribution in [2.75, 3.05) is 12.3 Å². The summed E-state index contributed by atoms with van der Waals surface area (Å²) < 4.78 is 0. The van der Waals surface area contributed by atoms with E-state index < -0.39 is 0 Å². The summed E-state index contributed by atoms with van der Waals surface area (Å²) in [5, 5.41) is 0.275. The van der Waals surface area contributed by atoms with Gasteiger partial charge < -0.3 is 5.73 Å². The number of hydrogen-bond acceptors (Lipinski definition) is 2. The van der Waals surface area contributed by atoms with Crippen molar-refractivity contribution in [3.05, 3.63) is 0 Å². The van der Waals surface area contributed by atoms with E-state index in [-0.39, 0.29) is 10.7 Å². The fourth-order valence-electron chi connectivity index (χ4n) is 7.43. The molecule has 4 aliphatic carbocycles. The van der Waals surface area contributed by atoms with Crippen LogP contribution in [0.5, 0.6) is 0 Å². The first kappa shape index (κ1) is 17.4. The maximum absolute atomic E-state index is 13.2. The van der Waals surface area contributed by atoms with Crippen LogP contribution in [-0.2, 0) is 4.79 Å². The van der Waals surface area contributed by atoms with Crippen molar-refractivity contribution in [1.82, 2.24) is 0 Å². The molecule has 0 aromatic rings. The molecule has 24 heavy (non-hydrogen) atoms. The highest BCUT2D eigenvalue weighted by Gasteiger charge is 2.61. The van der Waals surface area contributed by atoms with Crippen molar-refractivity contribution < 1.29 is 10.5 Å². The highest BCUT2D eigenvalue weighted by Crippen LogP contribution is 2.66. The number of carbonyl (C=O) groups excluding carboxylic acids is 1. The number of thioether (sulfide) groups is 1. The molecule has 4 saturated carbocycles. The van der Waals surface area contributed by atoms with Gasteiger partial charge in [-0.3, -0.25) is 4.79 Å². The predicted molar refractivity (Wildman–Crippen MR) is 101 cm³/mol. The van der Waals surface area contributed by atoms with E-state index >= 15 is 0 Å². The van der Waals surface area contributed by atoms with Crippen LogP contribution in [0.25, 0.3) is 0 Å². The molecule has 7 unspecified atom stereocenters. The number of rotatable bonds is 3. The van der Waals surface area contributed by atoms with Gasteiger partial charge in [0.1, 0.15) is 0 Å². The molecule has 0 aliphatic heterocycles. The summed E-state index contributed by atoms with van der Waals surface area (Å²) in [4.78, 5) is 13.2. The Labute approximate surface area is 152 Å². The third kappa shape index (κ3) is 2.44. The summed E-state index contributed by atoms with van der Waals surface area (Å²) in [5.74, 6) is 5.03. The number of quaternary nitrogens is 1. The summed E-state index contributed by atoms with van der Waals surface area (Å²) >= 11 is 1.91. The van der Waals surface area contributed by atoms with Crippen molar-refractivity contribution in [1.29, 1.82) is 0 Å². The molecule has 0 amide bonds. The van der Waals surface area contributed by atoms with Crippen molar-refractivity contribution in [3.8, 4) is 0 Å². The molecule has 0 aromatic carbocycles. The van der Waals surface area contributed by atoms with Gasteiger partial charge in [-0.05, 0) is 74.0 Å². The standard InChI is InChI=1S/C21H35NOS/c1-20-9-4-3-5-14(20)6-7-15-16(20)8-10-21(2)17(15)13-18(19(21)23)24-12-11-22/h14-18H,3-13,22H2,1-2H3/p+1. The molecule has 136 valence electrons. The average Bonchev–Trinajstić information content (AvgIpc) is 2.84. The highest BCUT2D eigenvalue weighted by molar-refractivity contribution is 8.00. The van der Waals surface area contributed by atoms with E-state index in [0.29, 0.717) is 17.1 Å². The summed E-state index contributed by atoms with van der Waals surface area (Å²) in [6, 6.07) is 0. The molecular weight excluding hydrogens is 314 g/mol. The lowest BCUT2D eigenvalue weighted by molar-refractivity contribution is -0.360. The minimum Gasteiger partial charge on any atom is -0.357 e. The number of ketones is 1. The second-order valence-electron chi connectivity index (χ2n) is 9.67. The van der Waals surface area contributed by atoms with E-state index in [9.17, 15) is 4.79 Å². The molecule has 0 spiro atoms. The van der Waals surface area contributed by atoms with Gasteiger partial charge in [0.05, 0.1) is 11.8 Å². The van der Waals surface area contributed by atoms with Gasteiger partial charge in [0, 0.05) is 11.2 Å². The van der Waals surface area contributed by atoms with Crippen LogP contribution in [0, 0.1) is 34.5 Å². The molecule has 4 rings (SSSR count). The van der Waals surface area contributed by atoms with E-state index in [0.717, 1.165) is 30.1 Å². The molecule has 3 heteroatoms. The van der Waals surface area contributed by atoms with Gasteiger partial charge in [0.2, 0.25) is 0 Å². The SMILES string of the molecule is CC12CCC3C(CCC4CCCCC43C)C1CC(SCC[NH3+])C2=O. The van der Waals surface area contributed by atoms with Crippen LogP contribution in [-0.4, -0.2) is 23.3 Å². The van der Waals surface area contributed by atoms with Crippen molar-refractivity contribution >= 4 is 17.5 Å². The van der Waals surface area contributed by atoms with Gasteiger partial charge >= 0.3 is 0 Å². The van der Waals surface area contributed by atoms with Gasteiger partial charge in [-0.2, -0.15) is 0 Å². The summed E-state index contributed by atoms with van der Waals surface area (Å²) in [6.07, 6.45) is 12.3. The Hall–Kier alpha value is -0.0200. The summed E-state index contributed by atoms with van der Waals surface area (Å²) in [7, 11) is 0. The van der Waals surface area contributed by atoms with Crippen molar-refractivity contribution in [2.24, 2.45) is 34.5 Å². The maximum Gasteiger partial charge on any atom is 0.151 e. The van der Waals surface area contributed by atoms with Gasteiger partial charge in [0.15, 0.2) is 5.78 Å². The minimum absolute atomic E-state index is 0.00212. The topological polar surface area (TPSA) is 44.7 Å². The fourth-order valence-corrected chi connectivity index (χ4v) is 8.65. The second kappa shape index (κ2) is 6.30. The Balaban J connectivity index is 1.58. The third-order valence-electron chi connectivity index (χ3n) is 8.76. The lowest BCUT2D eigenvalue weighted by atomic mass is 9.45. The van der Waals surface area contributed by atoms with Gasteiger partial charge in [0.25, 0.3) is 0 Å². The maximum atomic E-state index is 13.2. The molecular formula is C21H36NOS+. The normalized spacial score (nSPS) is 51.0. The molecule has 0 radical (unpaired) electrons. The first-order chi connectivity index (χ1) is 11.5. The zero-order chi connectivity index (χ0) is 16.9. The zero-order valence-corrected chi connectivity index (χ0v) is 16.5. The van der Waals surface area contributed by atoms with Gasteiger partial charge in [-0.25, -0.2) is 0 Å². The molecule has 2 nitrogen and oxygen atoms in total. The lowest BCUT2D eigenvalue weighted by Crippen LogP contribution is -2.52. The third-order valence-corrected chi connectivity index (χ3v) is 10.1. The van der Waals surface area contributed by atoms with Crippen LogP contribution in [0.2, 0.25) is 0 Å². The van der Waals surface area contributed by atoms with Gasteiger partial charge in [-0.1, -0.05) is 26.7 Å². The first-order valence-electron chi connectivity index (χ1n) is 10.5. The number of hydrogen-bond donors (Lipinski definition) is 1. The van der Waals surface area contributed by atoms with Crippen LogP contribution in [0.1, 0.15) is 71.6 Å². The Morgan fingerprint density at radius 1 is 1.08 bits per heavy atom. The molecule has 0 heterocycles. The summed E-state index contributed by atoms with van der Waals surface area (Å²) in [5.41, 5.74) is 4.55. The molecule has 7 atom stereocenters. The van der Waals surface area contributed by atoms with Crippen LogP contribution in [0.3, 0.4) is 0 Å². The van der Waals surface area contributed by atoms with E-state index in [4.69, 9.17) is 0 Å². The average molecular weight is 351 g/mol. The molecule has 3 N–H and O–H groups in total. The van der Waals surface area contributed by atoms with E-state index in [1.54, 1.807) is 0 Å². The van der Waals surface area contributed by atoms with Crippen molar-refractivity contribution in [3.63, 3.8) is 0 Å². The van der Waals surface area contributed by atoms with Crippen LogP contribution in [0.4, 0.5) is 0 Å². The number of Topliss-reactive ketones (excluding diaryl/α,β-unsaturated/α-hetero) is 1. The monoisotopic (exact) mass is 350 g/mol. The second-order valence-corrected chi connectivity index (χ2v) is 11.0. The van der Waals surface area contributed by atoms with Crippen LogP contribution >= 0.6 is 11.8 Å². The quantitative estimate of drug-likeness (QED) is 0.838. The smallest absolute Gasteiger partial charge is 0.151 e. The molecule has 0 aromatic heterocycles. The predicted octanol–water partition coefficient (Wildman–Crippen LogP) is 3.94. The Bertz CT molecular complexity index is 508. The fraction of sp³-hybridized carbons (Fsp3) is 0.952. The first-order valence-corrected chi connectivity index (χ1v) is 11.5.